The number of rotatable bonds is 4. The Labute approximate surface area is 165 Å². The molecule has 148 valence electrons. The minimum Gasteiger partial charge on any atom is -0.355 e. The summed E-state index contributed by atoms with van der Waals surface area (Å²) >= 11 is 5.92. The van der Waals surface area contributed by atoms with Crippen molar-refractivity contribution in [2.75, 3.05) is 13.8 Å². The molecule has 7 heteroatoms. The predicted molar refractivity (Wildman–Crippen MR) is 104 cm³/mol. The molecular weight excluding hydrogens is 366 g/mol. The summed E-state index contributed by atoms with van der Waals surface area (Å²) in [5.74, 6) is -0.117. The lowest BCUT2D eigenvalue weighted by molar-refractivity contribution is -0.135. The number of hydrogen-bond donors (Lipinski definition) is 1. The molecular formula is C20H28ClN3O3. The molecule has 27 heavy (non-hydrogen) atoms. The van der Waals surface area contributed by atoms with Gasteiger partial charge in [-0.2, -0.15) is 0 Å². The zero-order valence-electron chi connectivity index (χ0n) is 16.0. The average Bonchev–Trinajstić information content (AvgIpc) is 3.05. The first-order valence-electron chi connectivity index (χ1n) is 9.64. The highest BCUT2D eigenvalue weighted by molar-refractivity contribution is 6.30. The van der Waals surface area contributed by atoms with Crippen LogP contribution in [-0.4, -0.2) is 53.7 Å². The van der Waals surface area contributed by atoms with Crippen molar-refractivity contribution in [3.05, 3.63) is 34.9 Å². The SMILES string of the molecule is CC1OCN(C(=O)NC2CCCCC2)C1C(=O)N(C)Cc1ccc(Cl)cc1. The van der Waals surface area contributed by atoms with Crippen LogP contribution in [0.5, 0.6) is 0 Å². The Kier molecular flexibility index (Phi) is 6.60. The van der Waals surface area contributed by atoms with Crippen molar-refractivity contribution >= 4 is 23.5 Å². The van der Waals surface area contributed by atoms with Gasteiger partial charge in [0.05, 0.1) is 6.10 Å². The number of urea groups is 1. The quantitative estimate of drug-likeness (QED) is 0.852. The van der Waals surface area contributed by atoms with Crippen LogP contribution in [0.3, 0.4) is 0 Å². The Morgan fingerprint density at radius 3 is 2.56 bits per heavy atom. The maximum atomic E-state index is 13.0. The minimum atomic E-state index is -0.606. The molecule has 6 nitrogen and oxygen atoms in total. The summed E-state index contributed by atoms with van der Waals surface area (Å²) in [6.07, 6.45) is 5.19. The van der Waals surface area contributed by atoms with Crippen LogP contribution >= 0.6 is 11.6 Å². The number of halogens is 1. The molecule has 1 aliphatic heterocycles. The van der Waals surface area contributed by atoms with E-state index in [-0.39, 0.29) is 30.8 Å². The van der Waals surface area contributed by atoms with Crippen molar-refractivity contribution < 1.29 is 14.3 Å². The Morgan fingerprint density at radius 1 is 1.22 bits per heavy atom. The van der Waals surface area contributed by atoms with E-state index in [0.29, 0.717) is 11.6 Å². The van der Waals surface area contributed by atoms with Gasteiger partial charge < -0.3 is 15.0 Å². The molecule has 2 fully saturated rings. The topological polar surface area (TPSA) is 61.9 Å². The van der Waals surface area contributed by atoms with Crippen LogP contribution < -0.4 is 5.32 Å². The minimum absolute atomic E-state index is 0.117. The number of amides is 3. The molecule has 1 aromatic carbocycles. The van der Waals surface area contributed by atoms with E-state index in [1.165, 1.54) is 11.3 Å². The summed E-state index contributed by atoms with van der Waals surface area (Å²) in [4.78, 5) is 28.9. The van der Waals surface area contributed by atoms with Crippen LogP contribution in [0, 0.1) is 0 Å². The zero-order valence-corrected chi connectivity index (χ0v) is 16.7. The maximum Gasteiger partial charge on any atom is 0.320 e. The highest BCUT2D eigenvalue weighted by Crippen LogP contribution is 2.22. The monoisotopic (exact) mass is 393 g/mol. The number of benzene rings is 1. The van der Waals surface area contributed by atoms with E-state index in [1.54, 1.807) is 24.1 Å². The van der Waals surface area contributed by atoms with Crippen molar-refractivity contribution in [1.82, 2.24) is 15.1 Å². The Morgan fingerprint density at radius 2 is 1.89 bits per heavy atom. The standard InChI is InChI=1S/C20H28ClN3O3/c1-14-18(19(25)23(2)12-15-8-10-16(21)11-9-15)24(13-27-14)20(26)22-17-6-4-3-5-7-17/h8-11,14,17-18H,3-7,12-13H2,1-2H3,(H,22,26). The van der Waals surface area contributed by atoms with Crippen molar-refractivity contribution in [2.45, 2.75) is 63.8 Å². The van der Waals surface area contributed by atoms with E-state index in [2.05, 4.69) is 5.32 Å². The highest BCUT2D eigenvalue weighted by Gasteiger charge is 2.42. The van der Waals surface area contributed by atoms with Crippen LogP contribution in [0.2, 0.25) is 5.02 Å². The molecule has 1 saturated carbocycles. The second kappa shape index (κ2) is 8.93. The van der Waals surface area contributed by atoms with Gasteiger partial charge in [0.1, 0.15) is 12.8 Å². The second-order valence-corrected chi connectivity index (χ2v) is 7.96. The summed E-state index contributed by atoms with van der Waals surface area (Å²) in [6.45, 7) is 2.44. The van der Waals surface area contributed by atoms with Gasteiger partial charge in [-0.3, -0.25) is 9.69 Å². The third-order valence-electron chi connectivity index (χ3n) is 5.41. The summed E-state index contributed by atoms with van der Waals surface area (Å²) in [5.41, 5.74) is 0.986. The number of ether oxygens (including phenoxy) is 1. The van der Waals surface area contributed by atoms with Gasteiger partial charge in [0.25, 0.3) is 0 Å². The second-order valence-electron chi connectivity index (χ2n) is 7.52. The molecule has 2 aliphatic rings. The summed E-state index contributed by atoms with van der Waals surface area (Å²) in [5, 5.41) is 3.75. The Balaban J connectivity index is 1.63. The van der Waals surface area contributed by atoms with E-state index < -0.39 is 6.04 Å². The Hall–Kier alpha value is -1.79. The van der Waals surface area contributed by atoms with Gasteiger partial charge in [-0.05, 0) is 37.5 Å². The molecule has 0 spiro atoms. The van der Waals surface area contributed by atoms with Crippen molar-refractivity contribution in [3.63, 3.8) is 0 Å². The molecule has 1 N–H and O–H groups in total. The van der Waals surface area contributed by atoms with E-state index >= 15 is 0 Å². The molecule has 3 amide bonds. The molecule has 0 bridgehead atoms. The molecule has 1 heterocycles. The number of likely N-dealkylation sites (N-methyl/N-ethyl adjacent to an activating group) is 1. The summed E-state index contributed by atoms with van der Waals surface area (Å²) in [6, 6.07) is 6.80. The first-order chi connectivity index (χ1) is 13.0. The molecule has 0 aromatic heterocycles. The predicted octanol–water partition coefficient (Wildman–Crippen LogP) is 3.39. The number of hydrogen-bond acceptors (Lipinski definition) is 3. The van der Waals surface area contributed by atoms with E-state index in [9.17, 15) is 9.59 Å². The molecule has 1 saturated heterocycles. The van der Waals surface area contributed by atoms with E-state index in [0.717, 1.165) is 31.2 Å². The third kappa shape index (κ3) is 4.93. The number of carbonyl (C=O) groups excluding carboxylic acids is 2. The molecule has 1 aromatic rings. The molecule has 0 radical (unpaired) electrons. The van der Waals surface area contributed by atoms with Crippen molar-refractivity contribution in [2.24, 2.45) is 0 Å². The molecule has 2 atom stereocenters. The first-order valence-corrected chi connectivity index (χ1v) is 10.0. The first kappa shape index (κ1) is 20.0. The zero-order chi connectivity index (χ0) is 19.4. The van der Waals surface area contributed by atoms with Crippen LogP contribution in [0.25, 0.3) is 0 Å². The van der Waals surface area contributed by atoms with Crippen LogP contribution in [0.1, 0.15) is 44.6 Å². The van der Waals surface area contributed by atoms with Crippen LogP contribution in [-0.2, 0) is 16.1 Å². The summed E-state index contributed by atoms with van der Waals surface area (Å²) < 4.78 is 5.63. The largest absolute Gasteiger partial charge is 0.355 e. The van der Waals surface area contributed by atoms with Crippen molar-refractivity contribution in [3.8, 4) is 0 Å². The highest BCUT2D eigenvalue weighted by atomic mass is 35.5. The normalized spacial score (nSPS) is 23.3. The molecule has 2 unspecified atom stereocenters. The van der Waals surface area contributed by atoms with Gasteiger partial charge in [0.15, 0.2) is 0 Å². The van der Waals surface area contributed by atoms with Gasteiger partial charge in [-0.1, -0.05) is 43.0 Å². The number of nitrogens with one attached hydrogen (secondary N) is 1. The third-order valence-corrected chi connectivity index (χ3v) is 5.66. The lowest BCUT2D eigenvalue weighted by Crippen LogP contribution is -2.54. The fourth-order valence-electron chi connectivity index (χ4n) is 3.81. The van der Waals surface area contributed by atoms with Gasteiger partial charge >= 0.3 is 6.03 Å². The van der Waals surface area contributed by atoms with Crippen LogP contribution in [0.4, 0.5) is 4.79 Å². The van der Waals surface area contributed by atoms with Gasteiger partial charge in [-0.15, -0.1) is 0 Å². The van der Waals surface area contributed by atoms with E-state index in [4.69, 9.17) is 16.3 Å². The fraction of sp³-hybridized carbons (Fsp3) is 0.600. The number of nitrogens with zero attached hydrogens (tertiary/aromatic N) is 2. The Bertz CT molecular complexity index is 661. The van der Waals surface area contributed by atoms with Gasteiger partial charge in [0, 0.05) is 24.7 Å². The van der Waals surface area contributed by atoms with Gasteiger partial charge in [-0.25, -0.2) is 4.79 Å². The van der Waals surface area contributed by atoms with Crippen LogP contribution in [0.15, 0.2) is 24.3 Å². The lowest BCUT2D eigenvalue weighted by Gasteiger charge is -2.30. The number of carbonyl (C=O) groups is 2. The van der Waals surface area contributed by atoms with Gasteiger partial charge in [0.2, 0.25) is 5.91 Å². The smallest absolute Gasteiger partial charge is 0.320 e. The lowest BCUT2D eigenvalue weighted by atomic mass is 9.96. The fourth-order valence-corrected chi connectivity index (χ4v) is 3.94. The maximum absolute atomic E-state index is 13.0. The van der Waals surface area contributed by atoms with Crippen molar-refractivity contribution in [1.29, 1.82) is 0 Å². The average molecular weight is 394 g/mol. The molecule has 3 rings (SSSR count). The molecule has 1 aliphatic carbocycles. The summed E-state index contributed by atoms with van der Waals surface area (Å²) in [7, 11) is 1.75. The van der Waals surface area contributed by atoms with E-state index in [1.807, 2.05) is 19.1 Å².